The zero-order chi connectivity index (χ0) is 19.9. The smallest absolute Gasteiger partial charge is 0.194 e. The summed E-state index contributed by atoms with van der Waals surface area (Å²) in [6, 6.07) is 8.74. The van der Waals surface area contributed by atoms with Gasteiger partial charge in [-0.2, -0.15) is 5.10 Å². The molecule has 2 heterocycles. The van der Waals surface area contributed by atoms with Gasteiger partial charge in [-0.1, -0.05) is 31.2 Å². The summed E-state index contributed by atoms with van der Waals surface area (Å²) < 4.78 is 7.76. The summed E-state index contributed by atoms with van der Waals surface area (Å²) in [4.78, 5) is 9.05. The van der Waals surface area contributed by atoms with Gasteiger partial charge in [0.15, 0.2) is 5.96 Å². The topological polar surface area (TPSA) is 57.9 Å². The molecule has 1 aliphatic heterocycles. The summed E-state index contributed by atoms with van der Waals surface area (Å²) in [6.45, 7) is 7.23. The minimum Gasteiger partial charge on any atom is -0.370 e. The van der Waals surface area contributed by atoms with Gasteiger partial charge in [-0.05, 0) is 24.7 Å². The maximum absolute atomic E-state index is 5.95. The standard InChI is InChI=1S/C21H32N6O/c1-5-25(3)14-18-8-6-7-17(11-18)12-23-21(22-2)27-9-10-28-20(16-27)19-13-24-26(4)15-19/h6-8,11,13,15,20H,5,9-10,12,14,16H2,1-4H3,(H,22,23). The Morgan fingerprint density at radius 1 is 1.39 bits per heavy atom. The number of aliphatic imine (C=N–C) groups is 1. The molecule has 1 unspecified atom stereocenters. The van der Waals surface area contributed by atoms with Crippen molar-refractivity contribution in [2.24, 2.45) is 12.0 Å². The van der Waals surface area contributed by atoms with Crippen molar-refractivity contribution in [3.63, 3.8) is 0 Å². The van der Waals surface area contributed by atoms with Crippen molar-refractivity contribution < 1.29 is 4.74 Å². The first-order chi connectivity index (χ1) is 13.6. The largest absolute Gasteiger partial charge is 0.370 e. The van der Waals surface area contributed by atoms with Crippen LogP contribution in [0.1, 0.15) is 29.7 Å². The van der Waals surface area contributed by atoms with Crippen LogP contribution >= 0.6 is 0 Å². The van der Waals surface area contributed by atoms with Crippen LogP contribution in [0.4, 0.5) is 0 Å². The molecule has 3 rings (SSSR count). The van der Waals surface area contributed by atoms with Crippen LogP contribution in [0.25, 0.3) is 0 Å². The van der Waals surface area contributed by atoms with Crippen LogP contribution in [0.2, 0.25) is 0 Å². The summed E-state index contributed by atoms with van der Waals surface area (Å²) in [7, 11) is 5.91. The summed E-state index contributed by atoms with van der Waals surface area (Å²) in [5.74, 6) is 0.910. The molecule has 28 heavy (non-hydrogen) atoms. The van der Waals surface area contributed by atoms with E-state index in [1.54, 1.807) is 0 Å². The third-order valence-electron chi connectivity index (χ3n) is 5.11. The van der Waals surface area contributed by atoms with Crippen molar-refractivity contribution in [1.29, 1.82) is 0 Å². The van der Waals surface area contributed by atoms with Crippen LogP contribution in [0.3, 0.4) is 0 Å². The average molecular weight is 385 g/mol. The summed E-state index contributed by atoms with van der Waals surface area (Å²) in [6.07, 6.45) is 3.92. The van der Waals surface area contributed by atoms with E-state index >= 15 is 0 Å². The Bertz CT molecular complexity index is 787. The summed E-state index contributed by atoms with van der Waals surface area (Å²) in [5, 5.41) is 7.77. The van der Waals surface area contributed by atoms with Gasteiger partial charge < -0.3 is 19.9 Å². The highest BCUT2D eigenvalue weighted by Crippen LogP contribution is 2.21. The maximum atomic E-state index is 5.95. The third kappa shape index (κ3) is 5.33. The van der Waals surface area contributed by atoms with Crippen molar-refractivity contribution in [3.05, 3.63) is 53.3 Å². The van der Waals surface area contributed by atoms with Crippen LogP contribution < -0.4 is 5.32 Å². The Labute approximate surface area is 168 Å². The molecule has 0 bridgehead atoms. The van der Waals surface area contributed by atoms with Gasteiger partial charge in [0.05, 0.1) is 19.3 Å². The SMILES string of the molecule is CCN(C)Cc1cccc(CNC(=NC)N2CCOC(c3cnn(C)c3)C2)c1. The first-order valence-corrected chi connectivity index (χ1v) is 9.91. The number of nitrogens with one attached hydrogen (secondary N) is 1. The molecule has 1 atom stereocenters. The highest BCUT2D eigenvalue weighted by atomic mass is 16.5. The van der Waals surface area contributed by atoms with Gasteiger partial charge in [-0.15, -0.1) is 0 Å². The molecular formula is C21H32N6O. The number of benzene rings is 1. The van der Waals surface area contributed by atoms with Crippen molar-refractivity contribution in [2.45, 2.75) is 26.1 Å². The van der Waals surface area contributed by atoms with Crippen LogP contribution in [-0.2, 0) is 24.9 Å². The Balaban J connectivity index is 1.59. The lowest BCUT2D eigenvalue weighted by Gasteiger charge is -2.34. The number of rotatable bonds is 6. The van der Waals surface area contributed by atoms with E-state index in [0.29, 0.717) is 6.61 Å². The lowest BCUT2D eigenvalue weighted by molar-refractivity contribution is -0.00805. The molecule has 0 saturated carbocycles. The molecule has 1 aromatic carbocycles. The Morgan fingerprint density at radius 3 is 2.93 bits per heavy atom. The number of hydrogen-bond acceptors (Lipinski definition) is 4. The van der Waals surface area contributed by atoms with Crippen molar-refractivity contribution in [3.8, 4) is 0 Å². The van der Waals surface area contributed by atoms with Gasteiger partial charge >= 0.3 is 0 Å². The van der Waals surface area contributed by atoms with E-state index in [1.807, 2.05) is 31.2 Å². The molecule has 0 amide bonds. The second-order valence-corrected chi connectivity index (χ2v) is 7.30. The molecule has 2 aromatic rings. The molecule has 7 heteroatoms. The van der Waals surface area contributed by atoms with Gasteiger partial charge in [-0.3, -0.25) is 9.67 Å². The number of guanidine groups is 1. The fraction of sp³-hybridized carbons (Fsp3) is 0.524. The van der Waals surface area contributed by atoms with Gasteiger partial charge in [0.1, 0.15) is 6.10 Å². The molecule has 0 spiro atoms. The van der Waals surface area contributed by atoms with E-state index in [-0.39, 0.29) is 6.10 Å². The molecule has 1 aliphatic rings. The molecule has 1 aromatic heterocycles. The predicted molar refractivity (Wildman–Crippen MR) is 112 cm³/mol. The Morgan fingerprint density at radius 2 is 2.21 bits per heavy atom. The number of morpholine rings is 1. The molecule has 0 radical (unpaired) electrons. The fourth-order valence-electron chi connectivity index (χ4n) is 3.42. The normalized spacial score (nSPS) is 18.0. The van der Waals surface area contributed by atoms with E-state index in [9.17, 15) is 0 Å². The van der Waals surface area contributed by atoms with E-state index in [0.717, 1.165) is 44.2 Å². The number of aromatic nitrogens is 2. The van der Waals surface area contributed by atoms with Crippen molar-refractivity contribution >= 4 is 5.96 Å². The first-order valence-electron chi connectivity index (χ1n) is 9.91. The number of ether oxygens (including phenoxy) is 1. The molecule has 0 aliphatic carbocycles. The van der Waals surface area contributed by atoms with Gasteiger partial charge in [0.2, 0.25) is 0 Å². The summed E-state index contributed by atoms with van der Waals surface area (Å²) >= 11 is 0. The van der Waals surface area contributed by atoms with Gasteiger partial charge in [-0.25, -0.2) is 0 Å². The average Bonchev–Trinajstić information content (AvgIpc) is 3.15. The second-order valence-electron chi connectivity index (χ2n) is 7.30. The molecular weight excluding hydrogens is 352 g/mol. The van der Waals surface area contributed by atoms with E-state index in [4.69, 9.17) is 4.74 Å². The van der Waals surface area contributed by atoms with Crippen LogP contribution in [0, 0.1) is 0 Å². The number of hydrogen-bond donors (Lipinski definition) is 1. The number of nitrogens with zero attached hydrogens (tertiary/aromatic N) is 5. The zero-order valence-electron chi connectivity index (χ0n) is 17.4. The molecule has 1 N–H and O–H groups in total. The van der Waals surface area contributed by atoms with E-state index in [1.165, 1.54) is 11.1 Å². The first kappa shape index (κ1) is 20.4. The molecule has 1 saturated heterocycles. The minimum absolute atomic E-state index is 0.0221. The lowest BCUT2D eigenvalue weighted by Crippen LogP contribution is -2.47. The second kappa shape index (κ2) is 9.71. The molecule has 7 nitrogen and oxygen atoms in total. The minimum atomic E-state index is 0.0221. The number of aryl methyl sites for hydroxylation is 1. The fourth-order valence-corrected chi connectivity index (χ4v) is 3.42. The van der Waals surface area contributed by atoms with E-state index < -0.39 is 0 Å². The van der Waals surface area contributed by atoms with E-state index in [2.05, 4.69) is 63.4 Å². The van der Waals surface area contributed by atoms with Gasteiger partial charge in [0.25, 0.3) is 0 Å². The highest BCUT2D eigenvalue weighted by Gasteiger charge is 2.25. The van der Waals surface area contributed by atoms with Crippen molar-refractivity contribution in [2.75, 3.05) is 40.3 Å². The van der Waals surface area contributed by atoms with Crippen LogP contribution in [0.15, 0.2) is 41.7 Å². The van der Waals surface area contributed by atoms with Gasteiger partial charge in [0, 0.05) is 45.5 Å². The quantitative estimate of drug-likeness (QED) is 0.610. The molecule has 1 fully saturated rings. The lowest BCUT2D eigenvalue weighted by atomic mass is 10.1. The summed E-state index contributed by atoms with van der Waals surface area (Å²) in [5.41, 5.74) is 3.71. The predicted octanol–water partition coefficient (Wildman–Crippen LogP) is 2.02. The Kier molecular flexibility index (Phi) is 7.06. The molecule has 152 valence electrons. The maximum Gasteiger partial charge on any atom is 0.194 e. The highest BCUT2D eigenvalue weighted by molar-refractivity contribution is 5.80. The zero-order valence-corrected chi connectivity index (χ0v) is 17.4. The Hall–Kier alpha value is -2.38. The monoisotopic (exact) mass is 384 g/mol. The van der Waals surface area contributed by atoms with Crippen LogP contribution in [0.5, 0.6) is 0 Å². The van der Waals surface area contributed by atoms with Crippen LogP contribution in [-0.4, -0.2) is 65.9 Å². The third-order valence-corrected chi connectivity index (χ3v) is 5.11. The van der Waals surface area contributed by atoms with Crippen molar-refractivity contribution in [1.82, 2.24) is 24.9 Å².